The van der Waals surface area contributed by atoms with E-state index in [1.165, 1.54) is 41.7 Å². The fourth-order valence-electron chi connectivity index (χ4n) is 2.82. The highest BCUT2D eigenvalue weighted by Crippen LogP contribution is 2.28. The summed E-state index contributed by atoms with van der Waals surface area (Å²) in [5, 5.41) is 12.5. The van der Waals surface area contributed by atoms with Crippen LogP contribution >= 0.6 is 0 Å². The molecule has 9 heteroatoms. The van der Waals surface area contributed by atoms with Crippen LogP contribution in [-0.2, 0) is 21.2 Å². The van der Waals surface area contributed by atoms with Gasteiger partial charge in [-0.15, -0.1) is 0 Å². The van der Waals surface area contributed by atoms with Crippen molar-refractivity contribution in [2.75, 3.05) is 25.5 Å². The third-order valence-corrected chi connectivity index (χ3v) is 6.49. The van der Waals surface area contributed by atoms with Gasteiger partial charge in [-0.2, -0.15) is 4.31 Å². The largest absolute Gasteiger partial charge is 0.506 e. The number of carbonyl (C=O) groups is 1. The summed E-state index contributed by atoms with van der Waals surface area (Å²) in [7, 11) is -2.36. The fraction of sp³-hybridized carbons (Fsp3) is 0.350. The molecule has 0 aromatic heterocycles. The molecule has 158 valence electrons. The number of benzene rings is 2. The Kier molecular flexibility index (Phi) is 7.58. The van der Waals surface area contributed by atoms with Crippen LogP contribution in [0.25, 0.3) is 0 Å². The SMILES string of the molecule is CCN(CC)S(=O)(=O)c1ccc(O)c(NC(=O)CCc2ccc(OC)c(F)c2)c1. The van der Waals surface area contributed by atoms with Crippen molar-refractivity contribution >= 4 is 21.6 Å². The van der Waals surface area contributed by atoms with Crippen LogP contribution in [-0.4, -0.2) is 43.9 Å². The quantitative estimate of drug-likeness (QED) is 0.603. The van der Waals surface area contributed by atoms with Gasteiger partial charge in [-0.05, 0) is 42.3 Å². The van der Waals surface area contributed by atoms with Crippen molar-refractivity contribution in [2.45, 2.75) is 31.6 Å². The lowest BCUT2D eigenvalue weighted by Gasteiger charge is -2.19. The topological polar surface area (TPSA) is 95.9 Å². The third-order valence-electron chi connectivity index (χ3n) is 4.44. The first-order valence-corrected chi connectivity index (χ1v) is 10.6. The molecule has 7 nitrogen and oxygen atoms in total. The lowest BCUT2D eigenvalue weighted by Crippen LogP contribution is -2.30. The van der Waals surface area contributed by atoms with Crippen LogP contribution in [0.4, 0.5) is 10.1 Å². The van der Waals surface area contributed by atoms with Gasteiger partial charge in [0.25, 0.3) is 0 Å². The Hall–Kier alpha value is -2.65. The van der Waals surface area contributed by atoms with Gasteiger partial charge in [-0.1, -0.05) is 19.9 Å². The molecule has 0 spiro atoms. The van der Waals surface area contributed by atoms with Crippen molar-refractivity contribution < 1.29 is 27.4 Å². The molecule has 2 aromatic carbocycles. The van der Waals surface area contributed by atoms with Gasteiger partial charge in [0.2, 0.25) is 15.9 Å². The summed E-state index contributed by atoms with van der Waals surface area (Å²) in [6.45, 7) is 4.07. The standard InChI is InChI=1S/C20H25FN2O5S/c1-4-23(5-2)29(26,27)15-8-9-18(24)17(13-15)22-20(25)11-7-14-6-10-19(28-3)16(21)12-14/h6,8-10,12-13,24H,4-5,7,11H2,1-3H3,(H,22,25). The van der Waals surface area contributed by atoms with E-state index in [-0.39, 0.29) is 34.9 Å². The summed E-state index contributed by atoms with van der Waals surface area (Å²) in [4.78, 5) is 12.2. The average Bonchev–Trinajstić information content (AvgIpc) is 2.68. The lowest BCUT2D eigenvalue weighted by molar-refractivity contribution is -0.116. The van der Waals surface area contributed by atoms with E-state index in [1.807, 2.05) is 0 Å². The Morgan fingerprint density at radius 2 is 1.86 bits per heavy atom. The summed E-state index contributed by atoms with van der Waals surface area (Å²) in [5.74, 6) is -1.08. The average molecular weight is 424 g/mol. The highest BCUT2D eigenvalue weighted by molar-refractivity contribution is 7.89. The van der Waals surface area contributed by atoms with Crippen LogP contribution < -0.4 is 10.1 Å². The maximum absolute atomic E-state index is 13.7. The molecule has 0 saturated carbocycles. The van der Waals surface area contributed by atoms with Gasteiger partial charge in [0.05, 0.1) is 17.7 Å². The molecule has 0 saturated heterocycles. The molecule has 0 fully saturated rings. The molecule has 29 heavy (non-hydrogen) atoms. The Labute approximate surface area is 170 Å². The van der Waals surface area contributed by atoms with Crippen molar-refractivity contribution in [1.82, 2.24) is 4.31 Å². The molecule has 2 N–H and O–H groups in total. The van der Waals surface area contributed by atoms with Crippen molar-refractivity contribution in [3.05, 3.63) is 47.8 Å². The summed E-state index contributed by atoms with van der Waals surface area (Å²) in [6.07, 6.45) is 0.295. The minimum Gasteiger partial charge on any atom is -0.506 e. The number of ether oxygens (including phenoxy) is 1. The van der Waals surface area contributed by atoms with Crippen LogP contribution in [0.1, 0.15) is 25.8 Å². The molecule has 2 rings (SSSR count). The number of carbonyl (C=O) groups excluding carboxylic acids is 1. The molecule has 0 atom stereocenters. The Bertz CT molecular complexity index is 975. The smallest absolute Gasteiger partial charge is 0.243 e. The van der Waals surface area contributed by atoms with E-state index in [1.54, 1.807) is 19.9 Å². The van der Waals surface area contributed by atoms with Crippen molar-refractivity contribution in [3.8, 4) is 11.5 Å². The predicted octanol–water partition coefficient (Wildman–Crippen LogP) is 3.14. The molecule has 0 heterocycles. The Balaban J connectivity index is 2.11. The molecule has 2 aromatic rings. The number of anilines is 1. The first-order valence-electron chi connectivity index (χ1n) is 9.18. The normalized spacial score (nSPS) is 11.5. The fourth-order valence-corrected chi connectivity index (χ4v) is 4.31. The van der Waals surface area contributed by atoms with Crippen LogP contribution in [0.15, 0.2) is 41.3 Å². The molecule has 0 radical (unpaired) electrons. The summed E-state index contributed by atoms with van der Waals surface area (Å²) < 4.78 is 45.1. The highest BCUT2D eigenvalue weighted by Gasteiger charge is 2.23. The Morgan fingerprint density at radius 3 is 2.45 bits per heavy atom. The number of sulfonamides is 1. The monoisotopic (exact) mass is 424 g/mol. The number of phenolic OH excluding ortho intramolecular Hbond substituents is 1. The summed E-state index contributed by atoms with van der Waals surface area (Å²) >= 11 is 0. The second-order valence-corrected chi connectivity index (χ2v) is 8.22. The van der Waals surface area contributed by atoms with Crippen LogP contribution in [0.2, 0.25) is 0 Å². The van der Waals surface area contributed by atoms with Crippen LogP contribution in [0, 0.1) is 5.82 Å². The number of methoxy groups -OCH3 is 1. The molecule has 0 aliphatic carbocycles. The number of amides is 1. The molecule has 0 aliphatic heterocycles. The molecule has 0 bridgehead atoms. The highest BCUT2D eigenvalue weighted by atomic mass is 32.2. The molecular formula is C20H25FN2O5S. The van der Waals surface area contributed by atoms with Crippen molar-refractivity contribution in [1.29, 1.82) is 0 Å². The minimum absolute atomic E-state index is 0.00384. The molecule has 0 aliphatic rings. The number of rotatable bonds is 9. The number of hydrogen-bond donors (Lipinski definition) is 2. The number of nitrogens with one attached hydrogen (secondary N) is 1. The number of nitrogens with zero attached hydrogens (tertiary/aromatic N) is 1. The van der Waals surface area contributed by atoms with E-state index in [0.717, 1.165) is 0 Å². The zero-order chi connectivity index (χ0) is 21.6. The first-order chi connectivity index (χ1) is 13.7. The zero-order valence-electron chi connectivity index (χ0n) is 16.6. The number of aryl methyl sites for hydroxylation is 1. The second-order valence-electron chi connectivity index (χ2n) is 6.29. The van der Waals surface area contributed by atoms with Gasteiger partial charge >= 0.3 is 0 Å². The minimum atomic E-state index is -3.73. The maximum Gasteiger partial charge on any atom is 0.243 e. The maximum atomic E-state index is 13.7. The number of hydrogen-bond acceptors (Lipinski definition) is 5. The van der Waals surface area contributed by atoms with Gasteiger partial charge in [0, 0.05) is 19.5 Å². The van der Waals surface area contributed by atoms with Gasteiger partial charge < -0.3 is 15.2 Å². The van der Waals surface area contributed by atoms with Crippen LogP contribution in [0.3, 0.4) is 0 Å². The van der Waals surface area contributed by atoms with Crippen molar-refractivity contribution in [2.24, 2.45) is 0 Å². The lowest BCUT2D eigenvalue weighted by atomic mass is 10.1. The van der Waals surface area contributed by atoms with Gasteiger partial charge in [-0.25, -0.2) is 12.8 Å². The van der Waals surface area contributed by atoms with E-state index in [2.05, 4.69) is 5.32 Å². The van der Waals surface area contributed by atoms with Gasteiger partial charge in [0.1, 0.15) is 5.75 Å². The summed E-state index contributed by atoms with van der Waals surface area (Å²) in [6, 6.07) is 8.18. The zero-order valence-corrected chi connectivity index (χ0v) is 17.4. The summed E-state index contributed by atoms with van der Waals surface area (Å²) in [5.41, 5.74) is 0.615. The molecule has 0 unspecified atom stereocenters. The van der Waals surface area contributed by atoms with E-state index in [0.29, 0.717) is 18.7 Å². The number of halogens is 1. The van der Waals surface area contributed by atoms with E-state index >= 15 is 0 Å². The second kappa shape index (κ2) is 9.71. The van der Waals surface area contributed by atoms with E-state index in [9.17, 15) is 22.7 Å². The third kappa shape index (κ3) is 5.45. The molecular weight excluding hydrogens is 399 g/mol. The Morgan fingerprint density at radius 1 is 1.17 bits per heavy atom. The van der Waals surface area contributed by atoms with Crippen molar-refractivity contribution in [3.63, 3.8) is 0 Å². The molecule has 1 amide bonds. The van der Waals surface area contributed by atoms with Gasteiger partial charge in [-0.3, -0.25) is 4.79 Å². The number of phenols is 1. The van der Waals surface area contributed by atoms with E-state index < -0.39 is 21.7 Å². The first kappa shape index (κ1) is 22.6. The predicted molar refractivity (Wildman–Crippen MR) is 108 cm³/mol. The van der Waals surface area contributed by atoms with Gasteiger partial charge in [0.15, 0.2) is 11.6 Å². The number of aromatic hydroxyl groups is 1. The van der Waals surface area contributed by atoms with Crippen LogP contribution in [0.5, 0.6) is 11.5 Å². The van der Waals surface area contributed by atoms with E-state index in [4.69, 9.17) is 4.74 Å².